The number of aryl methyl sites for hydroxylation is 2. The first-order valence-corrected chi connectivity index (χ1v) is 4.83. The number of pyridine rings is 1. The highest BCUT2D eigenvalue weighted by molar-refractivity contribution is 5.70. The third kappa shape index (κ3) is 1.81. The van der Waals surface area contributed by atoms with E-state index in [2.05, 4.69) is 21.8 Å². The number of H-pyrrole nitrogens is 1. The molecule has 0 saturated carbocycles. The highest BCUT2D eigenvalue weighted by Crippen LogP contribution is 2.22. The van der Waals surface area contributed by atoms with Crippen LogP contribution in [0.15, 0.2) is 24.8 Å². The van der Waals surface area contributed by atoms with Crippen molar-refractivity contribution in [2.24, 2.45) is 0 Å². The number of nitrogens with zero attached hydrogens (tertiary/aromatic N) is 2. The molecule has 0 aliphatic carbocycles. The van der Waals surface area contributed by atoms with Crippen molar-refractivity contribution in [1.82, 2.24) is 15.2 Å². The Hall–Kier alpha value is -1.90. The lowest BCUT2D eigenvalue weighted by atomic mass is 10.1. The summed E-state index contributed by atoms with van der Waals surface area (Å²) in [6.07, 6.45) is 1.76. The number of hydrogen-bond acceptors (Lipinski definition) is 2. The van der Waals surface area contributed by atoms with E-state index in [1.165, 1.54) is 0 Å². The molecule has 2 aromatic rings. The lowest BCUT2D eigenvalue weighted by molar-refractivity contribution is 1.05. The van der Waals surface area contributed by atoms with Gasteiger partial charge in [-0.2, -0.15) is 5.10 Å². The number of nitrogens with one attached hydrogen (secondary N) is 1. The zero-order valence-electron chi connectivity index (χ0n) is 8.91. The monoisotopic (exact) mass is 199 g/mol. The van der Waals surface area contributed by atoms with Crippen LogP contribution in [0.5, 0.6) is 0 Å². The number of rotatable bonds is 2. The van der Waals surface area contributed by atoms with Gasteiger partial charge in [0.25, 0.3) is 0 Å². The summed E-state index contributed by atoms with van der Waals surface area (Å²) < 4.78 is 0. The minimum Gasteiger partial charge on any atom is -0.282 e. The van der Waals surface area contributed by atoms with Gasteiger partial charge < -0.3 is 0 Å². The average Bonchev–Trinajstić information content (AvgIpc) is 2.64. The molecule has 0 bridgehead atoms. The fraction of sp³-hybridized carbons (Fsp3) is 0.167. The molecule has 0 aromatic carbocycles. The molecule has 2 heterocycles. The largest absolute Gasteiger partial charge is 0.282 e. The van der Waals surface area contributed by atoms with Gasteiger partial charge in [-0.05, 0) is 38.1 Å². The van der Waals surface area contributed by atoms with Crippen LogP contribution in [-0.4, -0.2) is 15.2 Å². The van der Waals surface area contributed by atoms with Crippen LogP contribution in [0, 0.1) is 13.8 Å². The van der Waals surface area contributed by atoms with Crippen LogP contribution in [0.2, 0.25) is 0 Å². The Morgan fingerprint density at radius 3 is 2.73 bits per heavy atom. The molecule has 0 fully saturated rings. The summed E-state index contributed by atoms with van der Waals surface area (Å²) in [6, 6.07) is 6.00. The number of aromatic nitrogens is 3. The van der Waals surface area contributed by atoms with E-state index in [-0.39, 0.29) is 0 Å². The van der Waals surface area contributed by atoms with Gasteiger partial charge in [0.1, 0.15) is 0 Å². The Balaban J connectivity index is 2.57. The standard InChI is InChI=1S/C12H13N3/c1-4-11-10(6-5-8(2)13-11)12-7-9(3)14-15-12/h4-7H,1H2,2-3H3,(H,14,15). The second-order valence-electron chi connectivity index (χ2n) is 3.53. The molecule has 2 rings (SSSR count). The van der Waals surface area contributed by atoms with E-state index in [1.807, 2.05) is 32.0 Å². The summed E-state index contributed by atoms with van der Waals surface area (Å²) in [6.45, 7) is 7.71. The van der Waals surface area contributed by atoms with Crippen LogP contribution in [-0.2, 0) is 0 Å². The lowest BCUT2D eigenvalue weighted by Crippen LogP contribution is -1.90. The maximum atomic E-state index is 4.41. The average molecular weight is 199 g/mol. The van der Waals surface area contributed by atoms with E-state index in [0.29, 0.717) is 0 Å². The van der Waals surface area contributed by atoms with Crippen molar-refractivity contribution in [1.29, 1.82) is 0 Å². The second kappa shape index (κ2) is 3.69. The summed E-state index contributed by atoms with van der Waals surface area (Å²) in [5, 5.41) is 7.13. The molecule has 3 nitrogen and oxygen atoms in total. The molecule has 0 aliphatic rings. The topological polar surface area (TPSA) is 41.6 Å². The molecule has 0 amide bonds. The van der Waals surface area contributed by atoms with Crippen LogP contribution in [0.25, 0.3) is 17.3 Å². The number of hydrogen-bond donors (Lipinski definition) is 1. The quantitative estimate of drug-likeness (QED) is 0.808. The minimum atomic E-state index is 0.876. The fourth-order valence-corrected chi connectivity index (χ4v) is 1.51. The summed E-state index contributed by atoms with van der Waals surface area (Å²) in [5.41, 5.74) is 4.83. The maximum Gasteiger partial charge on any atom is 0.0945 e. The first kappa shape index (κ1) is 9.65. The molecule has 0 saturated heterocycles. The SMILES string of the molecule is C=Cc1nc(C)ccc1-c1cc(C)[nH]n1. The van der Waals surface area contributed by atoms with Gasteiger partial charge >= 0.3 is 0 Å². The zero-order valence-corrected chi connectivity index (χ0v) is 8.91. The third-order valence-corrected chi connectivity index (χ3v) is 2.24. The van der Waals surface area contributed by atoms with Crippen molar-refractivity contribution in [3.8, 4) is 11.3 Å². The molecule has 0 atom stereocenters. The van der Waals surface area contributed by atoms with Crippen molar-refractivity contribution < 1.29 is 0 Å². The molecular formula is C12H13N3. The lowest BCUT2D eigenvalue weighted by Gasteiger charge is -2.02. The van der Waals surface area contributed by atoms with Gasteiger partial charge in [-0.15, -0.1) is 0 Å². The molecule has 2 aromatic heterocycles. The van der Waals surface area contributed by atoms with Crippen molar-refractivity contribution in [2.75, 3.05) is 0 Å². The van der Waals surface area contributed by atoms with Crippen molar-refractivity contribution >= 4 is 6.08 Å². The summed E-state index contributed by atoms with van der Waals surface area (Å²) in [4.78, 5) is 4.41. The Labute approximate surface area is 88.9 Å². The molecule has 1 N–H and O–H groups in total. The summed E-state index contributed by atoms with van der Waals surface area (Å²) in [7, 11) is 0. The van der Waals surface area contributed by atoms with Crippen LogP contribution in [0.1, 0.15) is 17.1 Å². The van der Waals surface area contributed by atoms with E-state index in [4.69, 9.17) is 0 Å². The van der Waals surface area contributed by atoms with E-state index >= 15 is 0 Å². The van der Waals surface area contributed by atoms with Gasteiger partial charge in [-0.1, -0.05) is 6.58 Å². The van der Waals surface area contributed by atoms with Gasteiger partial charge in [0.15, 0.2) is 0 Å². The third-order valence-electron chi connectivity index (χ3n) is 2.24. The molecule has 0 aliphatic heterocycles. The van der Waals surface area contributed by atoms with Gasteiger partial charge in [0, 0.05) is 17.0 Å². The first-order chi connectivity index (χ1) is 7.20. The predicted octanol–water partition coefficient (Wildman–Crippen LogP) is 2.73. The molecule has 0 spiro atoms. The van der Waals surface area contributed by atoms with Gasteiger partial charge in [0.2, 0.25) is 0 Å². The zero-order chi connectivity index (χ0) is 10.8. The Morgan fingerprint density at radius 1 is 1.33 bits per heavy atom. The normalized spacial score (nSPS) is 10.3. The Morgan fingerprint density at radius 2 is 2.13 bits per heavy atom. The molecule has 15 heavy (non-hydrogen) atoms. The van der Waals surface area contributed by atoms with Crippen LogP contribution in [0.3, 0.4) is 0 Å². The van der Waals surface area contributed by atoms with E-state index in [1.54, 1.807) is 6.08 Å². The molecule has 0 unspecified atom stereocenters. The molecule has 0 radical (unpaired) electrons. The predicted molar refractivity (Wildman–Crippen MR) is 61.4 cm³/mol. The second-order valence-corrected chi connectivity index (χ2v) is 3.53. The first-order valence-electron chi connectivity index (χ1n) is 4.83. The summed E-state index contributed by atoms with van der Waals surface area (Å²) >= 11 is 0. The Kier molecular flexibility index (Phi) is 2.37. The smallest absolute Gasteiger partial charge is 0.0945 e. The molecule has 3 heteroatoms. The van der Waals surface area contributed by atoms with Crippen molar-refractivity contribution in [3.05, 3.63) is 41.9 Å². The maximum absolute atomic E-state index is 4.41. The van der Waals surface area contributed by atoms with E-state index in [9.17, 15) is 0 Å². The summed E-state index contributed by atoms with van der Waals surface area (Å²) in [5.74, 6) is 0. The van der Waals surface area contributed by atoms with E-state index in [0.717, 1.165) is 28.3 Å². The fourth-order valence-electron chi connectivity index (χ4n) is 1.51. The van der Waals surface area contributed by atoms with Crippen LogP contribution < -0.4 is 0 Å². The Bertz CT molecular complexity index is 497. The van der Waals surface area contributed by atoms with Crippen LogP contribution >= 0.6 is 0 Å². The van der Waals surface area contributed by atoms with E-state index < -0.39 is 0 Å². The highest BCUT2D eigenvalue weighted by atomic mass is 15.1. The molecule has 76 valence electrons. The van der Waals surface area contributed by atoms with Gasteiger partial charge in [-0.3, -0.25) is 10.1 Å². The molecular weight excluding hydrogens is 186 g/mol. The van der Waals surface area contributed by atoms with Crippen molar-refractivity contribution in [2.45, 2.75) is 13.8 Å². The van der Waals surface area contributed by atoms with Crippen LogP contribution in [0.4, 0.5) is 0 Å². The van der Waals surface area contributed by atoms with Crippen molar-refractivity contribution in [3.63, 3.8) is 0 Å². The van der Waals surface area contributed by atoms with Gasteiger partial charge in [0.05, 0.1) is 11.4 Å². The minimum absolute atomic E-state index is 0.876. The highest BCUT2D eigenvalue weighted by Gasteiger charge is 2.06. The van der Waals surface area contributed by atoms with Gasteiger partial charge in [-0.25, -0.2) is 0 Å². The number of aromatic amines is 1.